The molecule has 43 valence electrons. The van der Waals surface area contributed by atoms with Gasteiger partial charge < -0.3 is 0 Å². The fraction of sp³-hybridized carbons (Fsp3) is 0.250. The van der Waals surface area contributed by atoms with E-state index in [0.717, 1.165) is 9.90 Å². The van der Waals surface area contributed by atoms with Crippen LogP contribution in [0.15, 0.2) is 5.03 Å². The van der Waals surface area contributed by atoms with Crippen molar-refractivity contribution in [2.45, 2.75) is 11.9 Å². The lowest BCUT2D eigenvalue weighted by Crippen LogP contribution is -1.68. The molecule has 8 heavy (non-hydrogen) atoms. The van der Waals surface area contributed by atoms with E-state index in [1.807, 2.05) is 6.92 Å². The first-order valence-corrected chi connectivity index (χ1v) is 3.81. The summed E-state index contributed by atoms with van der Waals surface area (Å²) in [5.74, 6) is 0. The molecule has 0 aliphatic carbocycles. The SMILES string of the molecule is [CH2]Sc1nnsc1C. The van der Waals surface area contributed by atoms with E-state index in [1.54, 1.807) is 0 Å². The van der Waals surface area contributed by atoms with E-state index >= 15 is 0 Å². The van der Waals surface area contributed by atoms with Crippen LogP contribution >= 0.6 is 23.3 Å². The van der Waals surface area contributed by atoms with Crippen LogP contribution in [0.25, 0.3) is 0 Å². The van der Waals surface area contributed by atoms with Crippen LogP contribution in [0.4, 0.5) is 0 Å². The van der Waals surface area contributed by atoms with Gasteiger partial charge >= 0.3 is 0 Å². The van der Waals surface area contributed by atoms with Crippen molar-refractivity contribution in [3.05, 3.63) is 11.1 Å². The van der Waals surface area contributed by atoms with Crippen molar-refractivity contribution >= 4 is 23.3 Å². The molecule has 0 N–H and O–H groups in total. The van der Waals surface area contributed by atoms with Crippen molar-refractivity contribution in [1.29, 1.82) is 0 Å². The molecule has 0 aliphatic heterocycles. The van der Waals surface area contributed by atoms with Gasteiger partial charge in [0.1, 0.15) is 5.03 Å². The third-order valence-corrected chi connectivity index (χ3v) is 2.17. The third kappa shape index (κ3) is 1.00. The Morgan fingerprint density at radius 3 is 2.75 bits per heavy atom. The highest BCUT2D eigenvalue weighted by atomic mass is 32.2. The predicted molar refractivity (Wildman–Crippen MR) is 35.9 cm³/mol. The van der Waals surface area contributed by atoms with Crippen LogP contribution in [-0.2, 0) is 0 Å². The number of aryl methyl sites for hydroxylation is 1. The van der Waals surface area contributed by atoms with Crippen LogP contribution in [0, 0.1) is 13.2 Å². The molecule has 0 bridgehead atoms. The van der Waals surface area contributed by atoms with Gasteiger partial charge in [-0.2, -0.15) is 0 Å². The Balaban J connectivity index is 2.92. The molecule has 1 aromatic heterocycles. The first kappa shape index (κ1) is 6.04. The maximum absolute atomic E-state index is 3.80. The highest BCUT2D eigenvalue weighted by Crippen LogP contribution is 2.19. The molecule has 0 aliphatic rings. The second-order valence-electron chi connectivity index (χ2n) is 1.28. The second kappa shape index (κ2) is 2.46. The third-order valence-electron chi connectivity index (χ3n) is 0.747. The molecule has 0 aromatic carbocycles. The Morgan fingerprint density at radius 2 is 2.50 bits per heavy atom. The minimum absolute atomic E-state index is 0.940. The Bertz CT molecular complexity index is 172. The summed E-state index contributed by atoms with van der Waals surface area (Å²) in [6.07, 6.45) is 3.61. The van der Waals surface area contributed by atoms with Gasteiger partial charge in [0.2, 0.25) is 0 Å². The van der Waals surface area contributed by atoms with Crippen molar-refractivity contribution in [3.63, 3.8) is 0 Å². The molecule has 0 amide bonds. The number of aromatic nitrogens is 2. The predicted octanol–water partition coefficient (Wildman–Crippen LogP) is 1.73. The van der Waals surface area contributed by atoms with Crippen molar-refractivity contribution in [1.82, 2.24) is 9.59 Å². The molecule has 0 unspecified atom stereocenters. The summed E-state index contributed by atoms with van der Waals surface area (Å²) in [6, 6.07) is 0. The van der Waals surface area contributed by atoms with Crippen LogP contribution in [0.3, 0.4) is 0 Å². The minimum atomic E-state index is 0.940. The Morgan fingerprint density at radius 1 is 1.75 bits per heavy atom. The van der Waals surface area contributed by atoms with E-state index in [0.29, 0.717) is 0 Å². The van der Waals surface area contributed by atoms with Crippen LogP contribution in [-0.4, -0.2) is 9.59 Å². The van der Waals surface area contributed by atoms with Crippen molar-refractivity contribution in [2.24, 2.45) is 0 Å². The van der Waals surface area contributed by atoms with Gasteiger partial charge in [0, 0.05) is 6.26 Å². The van der Waals surface area contributed by atoms with Gasteiger partial charge in [-0.25, -0.2) is 0 Å². The fourth-order valence-corrected chi connectivity index (χ4v) is 1.36. The first-order chi connectivity index (χ1) is 3.84. The van der Waals surface area contributed by atoms with E-state index in [9.17, 15) is 0 Å². The lowest BCUT2D eigenvalue weighted by atomic mass is 10.6. The average molecular weight is 145 g/mol. The summed E-state index contributed by atoms with van der Waals surface area (Å²) >= 11 is 2.80. The van der Waals surface area contributed by atoms with Crippen LogP contribution in [0.1, 0.15) is 4.88 Å². The fourth-order valence-electron chi connectivity index (χ4n) is 0.359. The van der Waals surface area contributed by atoms with E-state index in [1.165, 1.54) is 23.3 Å². The smallest absolute Gasteiger partial charge is 0.131 e. The van der Waals surface area contributed by atoms with Gasteiger partial charge in [0.25, 0.3) is 0 Å². The summed E-state index contributed by atoms with van der Waals surface area (Å²) < 4.78 is 3.72. The van der Waals surface area contributed by atoms with Crippen molar-refractivity contribution < 1.29 is 0 Å². The van der Waals surface area contributed by atoms with Crippen molar-refractivity contribution in [2.75, 3.05) is 0 Å². The monoisotopic (exact) mass is 145 g/mol. The highest BCUT2D eigenvalue weighted by molar-refractivity contribution is 8.00. The molecular weight excluding hydrogens is 140 g/mol. The number of thioether (sulfide) groups is 1. The topological polar surface area (TPSA) is 25.8 Å². The summed E-state index contributed by atoms with van der Waals surface area (Å²) in [7, 11) is 0. The lowest BCUT2D eigenvalue weighted by molar-refractivity contribution is 1.02. The first-order valence-electron chi connectivity index (χ1n) is 2.05. The molecule has 2 nitrogen and oxygen atoms in total. The van der Waals surface area contributed by atoms with Gasteiger partial charge in [0.15, 0.2) is 0 Å². The molecule has 0 atom stereocenters. The maximum Gasteiger partial charge on any atom is 0.134 e. The molecule has 0 saturated carbocycles. The molecule has 0 spiro atoms. The minimum Gasteiger partial charge on any atom is -0.131 e. The Hall–Kier alpha value is -0.0900. The molecule has 4 heteroatoms. The van der Waals surface area contributed by atoms with Gasteiger partial charge in [-0.15, -0.1) is 16.9 Å². The summed E-state index contributed by atoms with van der Waals surface area (Å²) in [5.41, 5.74) is 0. The molecule has 0 saturated heterocycles. The molecule has 0 fully saturated rings. The summed E-state index contributed by atoms with van der Waals surface area (Å²) in [4.78, 5) is 1.14. The largest absolute Gasteiger partial charge is 0.134 e. The van der Waals surface area contributed by atoms with E-state index in [-0.39, 0.29) is 0 Å². The van der Waals surface area contributed by atoms with Gasteiger partial charge in [-0.05, 0) is 18.5 Å². The van der Waals surface area contributed by atoms with Crippen molar-refractivity contribution in [3.8, 4) is 0 Å². The number of nitrogens with zero attached hydrogens (tertiary/aromatic N) is 2. The molecule has 1 radical (unpaired) electrons. The second-order valence-corrected chi connectivity index (χ2v) is 2.91. The summed E-state index contributed by atoms with van der Waals surface area (Å²) in [5, 5.41) is 4.74. The zero-order valence-electron chi connectivity index (χ0n) is 4.42. The molecule has 1 rings (SSSR count). The zero-order chi connectivity index (χ0) is 5.98. The van der Waals surface area contributed by atoms with Gasteiger partial charge in [-0.3, -0.25) is 0 Å². The summed E-state index contributed by atoms with van der Waals surface area (Å²) in [6.45, 7) is 1.98. The zero-order valence-corrected chi connectivity index (χ0v) is 6.05. The number of hydrogen-bond donors (Lipinski definition) is 0. The lowest BCUT2D eigenvalue weighted by Gasteiger charge is -1.82. The van der Waals surface area contributed by atoms with E-state index in [2.05, 4.69) is 15.8 Å². The highest BCUT2D eigenvalue weighted by Gasteiger charge is 1.97. The quantitative estimate of drug-likeness (QED) is 0.563. The number of rotatable bonds is 1. The Labute approximate surface area is 56.5 Å². The maximum atomic E-state index is 3.80. The normalized spacial score (nSPS) is 9.75. The van der Waals surface area contributed by atoms with Crippen LogP contribution < -0.4 is 0 Å². The average Bonchev–Trinajstić information content (AvgIpc) is 2.14. The molecule has 1 heterocycles. The standard InChI is InChI=1S/C4H5N2S2/c1-3-4(7-2)5-6-8-3/h2H2,1H3. The van der Waals surface area contributed by atoms with Crippen LogP contribution in [0.5, 0.6) is 0 Å². The van der Waals surface area contributed by atoms with E-state index < -0.39 is 0 Å². The Kier molecular flexibility index (Phi) is 1.85. The molecular formula is C4H5N2S2. The van der Waals surface area contributed by atoms with Crippen LogP contribution in [0.2, 0.25) is 0 Å². The van der Waals surface area contributed by atoms with Gasteiger partial charge in [0.05, 0.1) is 4.88 Å². The number of hydrogen-bond acceptors (Lipinski definition) is 4. The van der Waals surface area contributed by atoms with Gasteiger partial charge in [-0.1, -0.05) is 4.49 Å². The molecule has 1 aromatic rings. The van der Waals surface area contributed by atoms with E-state index in [4.69, 9.17) is 0 Å².